The molecule has 1 unspecified atom stereocenters. The predicted molar refractivity (Wildman–Crippen MR) is 98.5 cm³/mol. The van der Waals surface area contributed by atoms with Crippen molar-refractivity contribution < 1.29 is 8.42 Å². The van der Waals surface area contributed by atoms with Crippen molar-refractivity contribution in [2.45, 2.75) is 12.5 Å². The highest BCUT2D eigenvalue weighted by Crippen LogP contribution is 2.36. The smallest absolute Gasteiger partial charge is 0.152 e. The SMILES string of the molecule is O=S1(=O)CCC(Nc2ncnc3cc(-c4ccc(Cl)cc4)sc23)C1. The predicted octanol–water partition coefficient (Wildman–Crippen LogP) is 3.61. The number of anilines is 1. The molecule has 4 rings (SSSR count). The van der Waals surface area contributed by atoms with Crippen LogP contribution in [-0.4, -0.2) is 35.9 Å². The Morgan fingerprint density at radius 3 is 2.71 bits per heavy atom. The van der Waals surface area contributed by atoms with E-state index in [1.54, 1.807) is 11.3 Å². The van der Waals surface area contributed by atoms with Gasteiger partial charge in [-0.3, -0.25) is 0 Å². The molecule has 5 nitrogen and oxygen atoms in total. The Morgan fingerprint density at radius 2 is 2.00 bits per heavy atom. The molecule has 1 saturated heterocycles. The molecule has 0 spiro atoms. The molecule has 0 amide bonds. The van der Waals surface area contributed by atoms with E-state index in [0.717, 1.165) is 20.7 Å². The largest absolute Gasteiger partial charge is 0.365 e. The van der Waals surface area contributed by atoms with Gasteiger partial charge in [0, 0.05) is 15.9 Å². The minimum absolute atomic E-state index is 0.0887. The number of hydrogen-bond donors (Lipinski definition) is 1. The highest BCUT2D eigenvalue weighted by molar-refractivity contribution is 7.91. The number of nitrogens with one attached hydrogen (secondary N) is 1. The van der Waals surface area contributed by atoms with Crippen molar-refractivity contribution in [1.82, 2.24) is 9.97 Å². The van der Waals surface area contributed by atoms with Crippen LogP contribution in [0.4, 0.5) is 5.82 Å². The molecular formula is C16H14ClN3O2S2. The second-order valence-electron chi connectivity index (χ2n) is 5.80. The molecule has 0 saturated carbocycles. The number of thiophene rings is 1. The third kappa shape index (κ3) is 3.11. The average Bonchev–Trinajstić information content (AvgIpc) is 3.12. The zero-order valence-electron chi connectivity index (χ0n) is 12.6. The molecule has 0 radical (unpaired) electrons. The third-order valence-electron chi connectivity index (χ3n) is 4.01. The molecule has 0 bridgehead atoms. The molecule has 1 aromatic carbocycles. The summed E-state index contributed by atoms with van der Waals surface area (Å²) < 4.78 is 24.2. The van der Waals surface area contributed by atoms with Gasteiger partial charge in [-0.25, -0.2) is 18.4 Å². The summed E-state index contributed by atoms with van der Waals surface area (Å²) in [6.07, 6.45) is 2.12. The number of rotatable bonds is 3. The van der Waals surface area contributed by atoms with Crippen molar-refractivity contribution in [3.8, 4) is 10.4 Å². The summed E-state index contributed by atoms with van der Waals surface area (Å²) in [6.45, 7) is 0. The van der Waals surface area contributed by atoms with E-state index in [0.29, 0.717) is 17.3 Å². The van der Waals surface area contributed by atoms with E-state index in [-0.39, 0.29) is 17.5 Å². The minimum atomic E-state index is -2.93. The van der Waals surface area contributed by atoms with Crippen LogP contribution in [0, 0.1) is 0 Å². The molecule has 2 aromatic heterocycles. The van der Waals surface area contributed by atoms with E-state index in [1.807, 2.05) is 30.3 Å². The fourth-order valence-corrected chi connectivity index (χ4v) is 5.68. The zero-order chi connectivity index (χ0) is 16.7. The number of halogens is 1. The van der Waals surface area contributed by atoms with Gasteiger partial charge in [0.05, 0.1) is 21.7 Å². The van der Waals surface area contributed by atoms with Crippen molar-refractivity contribution in [2.75, 3.05) is 16.8 Å². The standard InChI is InChI=1S/C16H14ClN3O2S2/c17-11-3-1-10(2-4-11)14-7-13-15(23-14)16(19-9-18-13)20-12-5-6-24(21,22)8-12/h1-4,7,9,12H,5-6,8H2,(H,18,19,20). The van der Waals surface area contributed by atoms with E-state index < -0.39 is 9.84 Å². The van der Waals surface area contributed by atoms with Gasteiger partial charge in [0.2, 0.25) is 0 Å². The van der Waals surface area contributed by atoms with E-state index >= 15 is 0 Å². The second kappa shape index (κ2) is 5.98. The molecule has 1 aliphatic rings. The maximum absolute atomic E-state index is 11.6. The number of benzene rings is 1. The average molecular weight is 380 g/mol. The van der Waals surface area contributed by atoms with Crippen LogP contribution in [-0.2, 0) is 9.84 Å². The van der Waals surface area contributed by atoms with Crippen LogP contribution >= 0.6 is 22.9 Å². The van der Waals surface area contributed by atoms with Gasteiger partial charge in [-0.05, 0) is 30.2 Å². The summed E-state index contributed by atoms with van der Waals surface area (Å²) in [7, 11) is -2.93. The number of fused-ring (bicyclic) bond motifs is 1. The molecule has 124 valence electrons. The van der Waals surface area contributed by atoms with Crippen molar-refractivity contribution in [2.24, 2.45) is 0 Å². The van der Waals surface area contributed by atoms with Gasteiger partial charge < -0.3 is 5.32 Å². The van der Waals surface area contributed by atoms with Gasteiger partial charge in [0.15, 0.2) is 9.84 Å². The summed E-state index contributed by atoms with van der Waals surface area (Å²) >= 11 is 7.53. The first-order chi connectivity index (χ1) is 11.5. The van der Waals surface area contributed by atoms with Crippen LogP contribution in [0.1, 0.15) is 6.42 Å². The lowest BCUT2D eigenvalue weighted by atomic mass is 10.2. The normalized spacial score (nSPS) is 19.6. The minimum Gasteiger partial charge on any atom is -0.365 e. The zero-order valence-corrected chi connectivity index (χ0v) is 15.0. The van der Waals surface area contributed by atoms with Gasteiger partial charge in [-0.2, -0.15) is 0 Å². The Bertz CT molecular complexity index is 1000. The summed E-state index contributed by atoms with van der Waals surface area (Å²) in [4.78, 5) is 9.71. The third-order valence-corrected chi connectivity index (χ3v) is 7.21. The topological polar surface area (TPSA) is 72.0 Å². The van der Waals surface area contributed by atoms with Gasteiger partial charge in [-0.1, -0.05) is 23.7 Å². The molecular weight excluding hydrogens is 366 g/mol. The first-order valence-electron chi connectivity index (χ1n) is 7.48. The van der Waals surface area contributed by atoms with Crippen molar-refractivity contribution in [3.05, 3.63) is 41.7 Å². The lowest BCUT2D eigenvalue weighted by Gasteiger charge is -2.11. The highest BCUT2D eigenvalue weighted by atomic mass is 35.5. The van der Waals surface area contributed by atoms with Crippen molar-refractivity contribution in [1.29, 1.82) is 0 Å². The fraction of sp³-hybridized carbons (Fsp3) is 0.250. The Morgan fingerprint density at radius 1 is 1.21 bits per heavy atom. The molecule has 1 N–H and O–H groups in total. The van der Waals surface area contributed by atoms with Crippen LogP contribution in [0.5, 0.6) is 0 Å². The number of sulfone groups is 1. The number of nitrogens with zero attached hydrogens (tertiary/aromatic N) is 2. The second-order valence-corrected chi connectivity index (χ2v) is 9.52. The molecule has 0 aliphatic carbocycles. The lowest BCUT2D eigenvalue weighted by molar-refractivity contribution is 0.602. The molecule has 3 aromatic rings. The molecule has 1 aliphatic heterocycles. The fourth-order valence-electron chi connectivity index (χ4n) is 2.82. The van der Waals surface area contributed by atoms with E-state index in [9.17, 15) is 8.42 Å². The Kier molecular flexibility index (Phi) is 3.94. The van der Waals surface area contributed by atoms with Gasteiger partial charge in [0.25, 0.3) is 0 Å². The summed E-state index contributed by atoms with van der Waals surface area (Å²) in [5, 5.41) is 3.97. The summed E-state index contributed by atoms with van der Waals surface area (Å²) in [5.41, 5.74) is 1.92. The van der Waals surface area contributed by atoms with E-state index in [2.05, 4.69) is 15.3 Å². The quantitative estimate of drug-likeness (QED) is 0.752. The first-order valence-corrected chi connectivity index (χ1v) is 10.5. The Labute approximate surface area is 148 Å². The molecule has 3 heterocycles. The van der Waals surface area contributed by atoms with Gasteiger partial charge in [0.1, 0.15) is 12.1 Å². The molecule has 1 fully saturated rings. The molecule has 8 heteroatoms. The maximum Gasteiger partial charge on any atom is 0.152 e. The molecule has 1 atom stereocenters. The summed E-state index contributed by atoms with van der Waals surface area (Å²) in [6, 6.07) is 9.58. The van der Waals surface area contributed by atoms with Crippen molar-refractivity contribution >= 4 is 48.8 Å². The number of aromatic nitrogens is 2. The van der Waals surface area contributed by atoms with E-state index in [4.69, 9.17) is 11.6 Å². The highest BCUT2D eigenvalue weighted by Gasteiger charge is 2.28. The van der Waals surface area contributed by atoms with Crippen LogP contribution in [0.3, 0.4) is 0 Å². The lowest BCUT2D eigenvalue weighted by Crippen LogP contribution is -2.21. The van der Waals surface area contributed by atoms with Crippen LogP contribution in [0.25, 0.3) is 20.7 Å². The maximum atomic E-state index is 11.6. The van der Waals surface area contributed by atoms with Crippen LogP contribution in [0.15, 0.2) is 36.7 Å². The van der Waals surface area contributed by atoms with Crippen LogP contribution in [0.2, 0.25) is 5.02 Å². The van der Waals surface area contributed by atoms with E-state index in [1.165, 1.54) is 6.33 Å². The monoisotopic (exact) mass is 379 g/mol. The van der Waals surface area contributed by atoms with Crippen LogP contribution < -0.4 is 5.32 Å². The van der Waals surface area contributed by atoms with Gasteiger partial charge in [-0.15, -0.1) is 11.3 Å². The van der Waals surface area contributed by atoms with Crippen molar-refractivity contribution in [3.63, 3.8) is 0 Å². The number of hydrogen-bond acceptors (Lipinski definition) is 6. The van der Waals surface area contributed by atoms with Gasteiger partial charge >= 0.3 is 0 Å². The first kappa shape index (κ1) is 15.8. The Hall–Kier alpha value is -1.70. The molecule has 24 heavy (non-hydrogen) atoms. The Balaban J connectivity index is 1.68. The summed E-state index contributed by atoms with van der Waals surface area (Å²) in [5.74, 6) is 1.10.